The fourth-order valence-electron chi connectivity index (χ4n) is 7.21. The second kappa shape index (κ2) is 18.3. The van der Waals surface area contributed by atoms with Gasteiger partial charge in [-0.3, -0.25) is 4.90 Å². The zero-order chi connectivity index (χ0) is 43.3. The molecule has 0 spiro atoms. The third-order valence-corrected chi connectivity index (χ3v) is 9.90. The monoisotopic (exact) mass is 840 g/mol. The number of ether oxygens (including phenoxy) is 4. The predicted molar refractivity (Wildman–Crippen MR) is 217 cm³/mol. The first-order valence-electron chi connectivity index (χ1n) is 19.5. The van der Waals surface area contributed by atoms with Gasteiger partial charge in [0.05, 0.1) is 12.1 Å². The van der Waals surface area contributed by atoms with Crippen LogP contribution >= 0.6 is 0 Å². The SMILES string of the molecule is CC(C)(C)OC(=O)N1CCN(c2c(F)cc(OCc3ccccc3)cc2F)C(c2c(F)cc(OCc3ccccc3)cc2F)C1c1c(F)cc(OCc2ccccc2)cc1F. The van der Waals surface area contributed by atoms with Gasteiger partial charge in [0, 0.05) is 60.6 Å². The Balaban J connectivity index is 1.36. The van der Waals surface area contributed by atoms with E-state index in [0.29, 0.717) is 11.1 Å². The fourth-order valence-corrected chi connectivity index (χ4v) is 7.21. The number of anilines is 1. The van der Waals surface area contributed by atoms with Crippen LogP contribution < -0.4 is 19.1 Å². The molecule has 0 aromatic heterocycles. The molecule has 1 fully saturated rings. The number of benzene rings is 6. The number of carbonyl (C=O) groups is 1. The molecule has 0 saturated carbocycles. The molecule has 1 amide bonds. The van der Waals surface area contributed by atoms with Crippen molar-refractivity contribution in [1.29, 1.82) is 0 Å². The highest BCUT2D eigenvalue weighted by atomic mass is 19.2. The smallest absolute Gasteiger partial charge is 0.410 e. The van der Waals surface area contributed by atoms with Crippen molar-refractivity contribution < 1.29 is 50.1 Å². The van der Waals surface area contributed by atoms with Gasteiger partial charge in [0.2, 0.25) is 0 Å². The van der Waals surface area contributed by atoms with E-state index < -0.39 is 88.6 Å². The minimum atomic E-state index is -2.01. The minimum Gasteiger partial charge on any atom is -0.489 e. The maximum atomic E-state index is 16.8. The van der Waals surface area contributed by atoms with Crippen molar-refractivity contribution in [3.63, 3.8) is 0 Å². The molecule has 1 heterocycles. The molecule has 316 valence electrons. The molecule has 6 aromatic rings. The normalized spacial score (nSPS) is 15.4. The molecular weight excluding hydrogens is 799 g/mol. The Morgan fingerprint density at radius 3 is 1.23 bits per heavy atom. The number of hydrogen-bond donors (Lipinski definition) is 0. The molecule has 2 atom stereocenters. The van der Waals surface area contributed by atoms with Crippen molar-refractivity contribution in [1.82, 2.24) is 4.90 Å². The van der Waals surface area contributed by atoms with Crippen LogP contribution in [-0.2, 0) is 24.6 Å². The van der Waals surface area contributed by atoms with Gasteiger partial charge in [-0.1, -0.05) is 91.0 Å². The average Bonchev–Trinajstić information content (AvgIpc) is 3.22. The van der Waals surface area contributed by atoms with Gasteiger partial charge in [-0.25, -0.2) is 31.1 Å². The van der Waals surface area contributed by atoms with Crippen molar-refractivity contribution in [3.05, 3.63) is 190 Å². The van der Waals surface area contributed by atoms with Gasteiger partial charge in [0.15, 0.2) is 11.6 Å². The molecule has 7 rings (SSSR count). The summed E-state index contributed by atoms with van der Waals surface area (Å²) in [5.74, 6) is -8.13. The second-order valence-corrected chi connectivity index (χ2v) is 15.4. The van der Waals surface area contributed by atoms with E-state index >= 15 is 26.3 Å². The van der Waals surface area contributed by atoms with Crippen molar-refractivity contribution in [2.45, 2.75) is 58.3 Å². The minimum absolute atomic E-state index is 0.0307. The van der Waals surface area contributed by atoms with Crippen molar-refractivity contribution in [2.75, 3.05) is 18.0 Å². The first-order valence-corrected chi connectivity index (χ1v) is 19.5. The lowest BCUT2D eigenvalue weighted by molar-refractivity contribution is 0.00701. The first kappa shape index (κ1) is 42.5. The largest absolute Gasteiger partial charge is 0.489 e. The maximum absolute atomic E-state index is 16.8. The Bertz CT molecular complexity index is 2400. The summed E-state index contributed by atoms with van der Waals surface area (Å²) >= 11 is 0. The van der Waals surface area contributed by atoms with E-state index in [-0.39, 0.29) is 37.1 Å². The van der Waals surface area contributed by atoms with Gasteiger partial charge in [-0.05, 0) is 37.5 Å². The Kier molecular flexibility index (Phi) is 12.8. The summed E-state index contributed by atoms with van der Waals surface area (Å²) in [5, 5.41) is 0. The van der Waals surface area contributed by atoms with Gasteiger partial charge in [-0.2, -0.15) is 0 Å². The van der Waals surface area contributed by atoms with Gasteiger partial charge in [-0.15, -0.1) is 0 Å². The molecule has 61 heavy (non-hydrogen) atoms. The van der Waals surface area contributed by atoms with Crippen LogP contribution in [0.15, 0.2) is 127 Å². The maximum Gasteiger partial charge on any atom is 0.410 e. The lowest BCUT2D eigenvalue weighted by Gasteiger charge is -2.49. The third-order valence-electron chi connectivity index (χ3n) is 9.90. The molecule has 6 aromatic carbocycles. The average molecular weight is 841 g/mol. The molecule has 0 radical (unpaired) electrons. The van der Waals surface area contributed by atoms with E-state index in [0.717, 1.165) is 51.8 Å². The van der Waals surface area contributed by atoms with Gasteiger partial charge < -0.3 is 23.8 Å². The van der Waals surface area contributed by atoms with Crippen LogP contribution in [0.4, 0.5) is 36.8 Å². The van der Waals surface area contributed by atoms with Crippen molar-refractivity contribution >= 4 is 11.8 Å². The predicted octanol–water partition coefficient (Wildman–Crippen LogP) is 11.8. The van der Waals surface area contributed by atoms with Crippen LogP contribution in [0.25, 0.3) is 0 Å². The molecule has 13 heteroatoms. The summed E-state index contributed by atoms with van der Waals surface area (Å²) < 4.78 is 122. The fraction of sp³-hybridized carbons (Fsp3) is 0.229. The Hall–Kier alpha value is -6.63. The number of piperazine rings is 1. The highest BCUT2D eigenvalue weighted by molar-refractivity contribution is 5.71. The van der Waals surface area contributed by atoms with E-state index in [1.165, 1.54) is 0 Å². The van der Waals surface area contributed by atoms with E-state index in [2.05, 4.69) is 0 Å². The lowest BCUT2D eigenvalue weighted by Crippen LogP contribution is -2.54. The number of halogens is 6. The quantitative estimate of drug-likeness (QED) is 0.114. The number of nitrogens with zero attached hydrogens (tertiary/aromatic N) is 2. The summed E-state index contributed by atoms with van der Waals surface area (Å²) in [4.78, 5) is 15.9. The number of rotatable bonds is 12. The Morgan fingerprint density at radius 2 is 0.869 bits per heavy atom. The Labute approximate surface area is 349 Å². The molecular formula is C48H42F6N2O5. The van der Waals surface area contributed by atoms with E-state index in [9.17, 15) is 4.79 Å². The van der Waals surface area contributed by atoms with Crippen molar-refractivity contribution in [2.24, 2.45) is 0 Å². The molecule has 2 unspecified atom stereocenters. The Morgan fingerprint density at radius 1 is 0.525 bits per heavy atom. The lowest BCUT2D eigenvalue weighted by atomic mass is 9.86. The molecule has 0 aliphatic carbocycles. The summed E-state index contributed by atoms with van der Waals surface area (Å²) in [6, 6.07) is 27.8. The molecule has 7 nitrogen and oxygen atoms in total. The summed E-state index contributed by atoms with van der Waals surface area (Å²) in [6.07, 6.45) is -1.10. The molecule has 0 bridgehead atoms. The number of hydrogen-bond acceptors (Lipinski definition) is 6. The standard InChI is InChI=1S/C48H42F6N2O5/c1-48(2,3)61-47(57)56-20-19-55(44-40(53)25-35(26-41(44)54)60-29-32-17-11-6-12-18-32)45(42-36(49)21-33(22-37(42)50)58-27-30-13-7-4-8-14-30)46(56)43-38(51)23-34(24-39(43)52)59-28-31-15-9-5-10-16-31/h4-18,21-26,45-46H,19-20,27-29H2,1-3H3. The second-order valence-electron chi connectivity index (χ2n) is 15.4. The van der Waals surface area contributed by atoms with Gasteiger partial charge in [0.1, 0.15) is 71.6 Å². The number of carbonyl (C=O) groups excluding carboxylic acids is 1. The highest BCUT2D eigenvalue weighted by Gasteiger charge is 2.48. The van der Waals surface area contributed by atoms with E-state index in [4.69, 9.17) is 18.9 Å². The van der Waals surface area contributed by atoms with Crippen LogP contribution in [0, 0.1) is 34.9 Å². The van der Waals surface area contributed by atoms with E-state index in [1.807, 2.05) is 0 Å². The van der Waals surface area contributed by atoms with Crippen LogP contribution in [-0.4, -0.2) is 29.7 Å². The zero-order valence-corrected chi connectivity index (χ0v) is 33.5. The molecule has 0 N–H and O–H groups in total. The number of amides is 1. The van der Waals surface area contributed by atoms with Crippen LogP contribution in [0.2, 0.25) is 0 Å². The van der Waals surface area contributed by atoms with Crippen LogP contribution in [0.1, 0.15) is 60.7 Å². The van der Waals surface area contributed by atoms with Crippen LogP contribution in [0.5, 0.6) is 17.2 Å². The summed E-state index contributed by atoms with van der Waals surface area (Å²) in [5.41, 5.74) is -1.48. The zero-order valence-electron chi connectivity index (χ0n) is 33.5. The highest BCUT2D eigenvalue weighted by Crippen LogP contribution is 2.49. The summed E-state index contributed by atoms with van der Waals surface area (Å²) in [6.45, 7) is 3.62. The first-order chi connectivity index (χ1) is 29.3. The topological polar surface area (TPSA) is 60.5 Å². The van der Waals surface area contributed by atoms with Gasteiger partial charge in [0.25, 0.3) is 0 Å². The third kappa shape index (κ3) is 10.1. The molecule has 1 aliphatic rings. The van der Waals surface area contributed by atoms with Crippen LogP contribution in [0.3, 0.4) is 0 Å². The van der Waals surface area contributed by atoms with Crippen molar-refractivity contribution in [3.8, 4) is 17.2 Å². The van der Waals surface area contributed by atoms with Gasteiger partial charge >= 0.3 is 6.09 Å². The molecule has 1 saturated heterocycles. The molecule has 1 aliphatic heterocycles. The summed E-state index contributed by atoms with van der Waals surface area (Å²) in [7, 11) is 0. The van der Waals surface area contributed by atoms with E-state index in [1.54, 1.807) is 112 Å².